The summed E-state index contributed by atoms with van der Waals surface area (Å²) in [7, 11) is 1.64. The van der Waals surface area contributed by atoms with Crippen molar-refractivity contribution >= 4 is 29.2 Å². The van der Waals surface area contributed by atoms with Crippen LogP contribution >= 0.6 is 12.4 Å². The molecule has 3 aromatic rings. The zero-order valence-electron chi connectivity index (χ0n) is 13.8. The molecule has 0 aliphatic rings. The average molecular weight is 345 g/mol. The van der Waals surface area contributed by atoms with Gasteiger partial charge in [-0.1, -0.05) is 30.3 Å². The molecule has 0 aliphatic carbocycles. The van der Waals surface area contributed by atoms with Crippen LogP contribution in [0.3, 0.4) is 0 Å². The van der Waals surface area contributed by atoms with Crippen LogP contribution in [0.4, 0.5) is 0 Å². The molecule has 0 saturated carbocycles. The van der Waals surface area contributed by atoms with Crippen LogP contribution in [0, 0.1) is 6.92 Å². The topological polar surface area (TPSA) is 57.2 Å². The summed E-state index contributed by atoms with van der Waals surface area (Å²) in [5, 5.41) is 1.02. The van der Waals surface area contributed by atoms with Gasteiger partial charge in [-0.2, -0.15) is 0 Å². The molecule has 1 aromatic heterocycles. The fourth-order valence-electron chi connectivity index (χ4n) is 3.02. The Bertz CT molecular complexity index is 857. The number of ether oxygens (including phenoxy) is 1. The number of nitrogens with zero attached hydrogens (tertiary/aromatic N) is 1. The summed E-state index contributed by atoms with van der Waals surface area (Å²) in [5.41, 5.74) is 9.78. The molecule has 24 heavy (non-hydrogen) atoms. The van der Waals surface area contributed by atoms with E-state index in [1.54, 1.807) is 7.11 Å². The standard InChI is InChI=1S/C19H20N2O2.ClH/c1-13-16(11-19(20)22)17-10-15(23-2)8-9-18(17)21(13)12-14-6-4-3-5-7-14;/h3-10H,11-12H2,1-2H3,(H2,20,22);1H. The fourth-order valence-corrected chi connectivity index (χ4v) is 3.02. The van der Waals surface area contributed by atoms with E-state index in [-0.39, 0.29) is 24.7 Å². The van der Waals surface area contributed by atoms with Crippen molar-refractivity contribution in [3.8, 4) is 5.75 Å². The lowest BCUT2D eigenvalue weighted by molar-refractivity contribution is -0.117. The Balaban J connectivity index is 0.00000208. The number of carbonyl (C=O) groups is 1. The van der Waals surface area contributed by atoms with Crippen molar-refractivity contribution in [2.45, 2.75) is 19.9 Å². The van der Waals surface area contributed by atoms with E-state index in [0.29, 0.717) is 0 Å². The van der Waals surface area contributed by atoms with Crippen LogP contribution in [0.15, 0.2) is 48.5 Å². The minimum absolute atomic E-state index is 0. The van der Waals surface area contributed by atoms with E-state index >= 15 is 0 Å². The molecule has 0 radical (unpaired) electrons. The number of hydrogen-bond donors (Lipinski definition) is 1. The Kier molecular flexibility index (Phi) is 5.52. The predicted molar refractivity (Wildman–Crippen MR) is 98.9 cm³/mol. The van der Waals surface area contributed by atoms with Gasteiger partial charge in [0.25, 0.3) is 0 Å². The number of benzene rings is 2. The van der Waals surface area contributed by atoms with E-state index in [9.17, 15) is 4.79 Å². The molecule has 5 heteroatoms. The Labute approximate surface area is 147 Å². The summed E-state index contributed by atoms with van der Waals surface area (Å²) in [5.74, 6) is 0.453. The number of hydrogen-bond acceptors (Lipinski definition) is 2. The molecule has 2 N–H and O–H groups in total. The van der Waals surface area contributed by atoms with Gasteiger partial charge in [0, 0.05) is 23.1 Å². The number of fused-ring (bicyclic) bond motifs is 1. The number of rotatable bonds is 5. The van der Waals surface area contributed by atoms with Crippen molar-refractivity contribution in [2.75, 3.05) is 7.11 Å². The molecule has 0 atom stereocenters. The quantitative estimate of drug-likeness (QED) is 0.770. The maximum Gasteiger partial charge on any atom is 0.221 e. The monoisotopic (exact) mass is 344 g/mol. The van der Waals surface area contributed by atoms with Gasteiger partial charge in [-0.15, -0.1) is 12.4 Å². The third-order valence-corrected chi connectivity index (χ3v) is 4.20. The SMILES string of the molecule is COc1ccc2c(c1)c(CC(N)=O)c(C)n2Cc1ccccc1.Cl. The van der Waals surface area contributed by atoms with Gasteiger partial charge in [-0.05, 0) is 36.2 Å². The lowest BCUT2D eigenvalue weighted by Gasteiger charge is -2.09. The summed E-state index contributed by atoms with van der Waals surface area (Å²) >= 11 is 0. The normalized spacial score (nSPS) is 10.4. The minimum Gasteiger partial charge on any atom is -0.497 e. The van der Waals surface area contributed by atoms with Gasteiger partial charge in [0.1, 0.15) is 5.75 Å². The Morgan fingerprint density at radius 3 is 2.50 bits per heavy atom. The summed E-state index contributed by atoms with van der Waals surface area (Å²) < 4.78 is 7.55. The molecule has 0 aliphatic heterocycles. The lowest BCUT2D eigenvalue weighted by atomic mass is 10.1. The second kappa shape index (κ2) is 7.41. The first-order valence-corrected chi connectivity index (χ1v) is 7.58. The van der Waals surface area contributed by atoms with Crippen molar-refractivity contribution in [3.63, 3.8) is 0 Å². The van der Waals surface area contributed by atoms with E-state index in [1.165, 1.54) is 5.56 Å². The highest BCUT2D eigenvalue weighted by Crippen LogP contribution is 2.30. The van der Waals surface area contributed by atoms with Crippen LogP contribution in [0.1, 0.15) is 16.8 Å². The second-order valence-electron chi connectivity index (χ2n) is 5.66. The molecular formula is C19H21ClN2O2. The van der Waals surface area contributed by atoms with Gasteiger partial charge < -0.3 is 15.0 Å². The van der Waals surface area contributed by atoms with Crippen LogP contribution < -0.4 is 10.5 Å². The second-order valence-corrected chi connectivity index (χ2v) is 5.66. The van der Waals surface area contributed by atoms with Crippen LogP contribution in [-0.2, 0) is 17.8 Å². The van der Waals surface area contributed by atoms with Gasteiger partial charge in [0.2, 0.25) is 5.91 Å². The maximum atomic E-state index is 11.5. The average Bonchev–Trinajstić information content (AvgIpc) is 2.80. The number of aromatic nitrogens is 1. The number of carbonyl (C=O) groups excluding carboxylic acids is 1. The molecule has 0 spiro atoms. The van der Waals surface area contributed by atoms with Crippen LogP contribution in [0.5, 0.6) is 5.75 Å². The van der Waals surface area contributed by atoms with Crippen molar-refractivity contribution in [1.29, 1.82) is 0 Å². The molecule has 3 rings (SSSR count). The van der Waals surface area contributed by atoms with Crippen LogP contribution in [0.25, 0.3) is 10.9 Å². The van der Waals surface area contributed by atoms with Gasteiger partial charge in [-0.3, -0.25) is 4.79 Å². The van der Waals surface area contributed by atoms with E-state index in [0.717, 1.165) is 34.5 Å². The molecule has 4 nitrogen and oxygen atoms in total. The van der Waals surface area contributed by atoms with Crippen molar-refractivity contribution in [1.82, 2.24) is 4.57 Å². The first-order chi connectivity index (χ1) is 11.1. The highest BCUT2D eigenvalue weighted by molar-refractivity contribution is 5.91. The largest absolute Gasteiger partial charge is 0.497 e. The summed E-state index contributed by atoms with van der Waals surface area (Å²) in [6.45, 7) is 2.79. The molecule has 126 valence electrons. The lowest BCUT2D eigenvalue weighted by Crippen LogP contribution is -2.14. The van der Waals surface area contributed by atoms with Gasteiger partial charge >= 0.3 is 0 Å². The Morgan fingerprint density at radius 1 is 1.17 bits per heavy atom. The molecule has 0 saturated heterocycles. The zero-order chi connectivity index (χ0) is 16.4. The van der Waals surface area contributed by atoms with E-state index in [4.69, 9.17) is 10.5 Å². The van der Waals surface area contributed by atoms with Gasteiger partial charge in [0.05, 0.1) is 13.5 Å². The number of amides is 1. The minimum atomic E-state index is -0.324. The van der Waals surface area contributed by atoms with Crippen LogP contribution in [-0.4, -0.2) is 17.6 Å². The van der Waals surface area contributed by atoms with Crippen LogP contribution in [0.2, 0.25) is 0 Å². The fraction of sp³-hybridized carbons (Fsp3) is 0.211. The Hall–Kier alpha value is -2.46. The number of nitrogens with two attached hydrogens (primary N) is 1. The summed E-state index contributed by atoms with van der Waals surface area (Å²) in [6, 6.07) is 16.2. The van der Waals surface area contributed by atoms with E-state index < -0.39 is 0 Å². The van der Waals surface area contributed by atoms with Gasteiger partial charge in [-0.25, -0.2) is 0 Å². The summed E-state index contributed by atoms with van der Waals surface area (Å²) in [6.07, 6.45) is 0.233. The predicted octanol–water partition coefficient (Wildman–Crippen LogP) is 3.46. The summed E-state index contributed by atoms with van der Waals surface area (Å²) in [4.78, 5) is 11.5. The molecule has 1 amide bonds. The molecule has 2 aromatic carbocycles. The number of halogens is 1. The molecule has 0 unspecified atom stereocenters. The molecule has 0 bridgehead atoms. The molecular weight excluding hydrogens is 324 g/mol. The first-order valence-electron chi connectivity index (χ1n) is 7.58. The van der Waals surface area contributed by atoms with Gasteiger partial charge in [0.15, 0.2) is 0 Å². The smallest absolute Gasteiger partial charge is 0.221 e. The Morgan fingerprint density at radius 2 is 1.88 bits per heavy atom. The molecule has 1 heterocycles. The third-order valence-electron chi connectivity index (χ3n) is 4.20. The van der Waals surface area contributed by atoms with Crippen molar-refractivity contribution in [2.24, 2.45) is 5.73 Å². The highest BCUT2D eigenvalue weighted by atomic mass is 35.5. The third kappa shape index (κ3) is 3.39. The zero-order valence-corrected chi connectivity index (χ0v) is 14.6. The van der Waals surface area contributed by atoms with Crippen molar-refractivity contribution in [3.05, 3.63) is 65.4 Å². The first kappa shape index (κ1) is 17.9. The van der Waals surface area contributed by atoms with Crippen molar-refractivity contribution < 1.29 is 9.53 Å². The van der Waals surface area contributed by atoms with E-state index in [1.807, 2.05) is 43.3 Å². The number of primary amides is 1. The maximum absolute atomic E-state index is 11.5. The highest BCUT2D eigenvalue weighted by Gasteiger charge is 2.16. The number of methoxy groups -OCH3 is 1. The molecule has 0 fully saturated rings. The van der Waals surface area contributed by atoms with E-state index in [2.05, 4.69) is 16.7 Å².